The van der Waals surface area contributed by atoms with Crippen LogP contribution in [0, 0.1) is 0 Å². The van der Waals surface area contributed by atoms with Crippen LogP contribution in [0.25, 0.3) is 11.0 Å². The van der Waals surface area contributed by atoms with Crippen molar-refractivity contribution < 1.29 is 4.79 Å². The molecule has 3 rings (SSSR count). The van der Waals surface area contributed by atoms with Gasteiger partial charge in [-0.25, -0.2) is 4.98 Å². The van der Waals surface area contributed by atoms with Gasteiger partial charge in [0.1, 0.15) is 0 Å². The van der Waals surface area contributed by atoms with Gasteiger partial charge in [0.25, 0.3) is 5.91 Å². The van der Waals surface area contributed by atoms with E-state index in [1.165, 1.54) is 0 Å². The number of fused-ring (bicyclic) bond motifs is 1. The Bertz CT molecular complexity index is 727. The predicted octanol–water partition coefficient (Wildman–Crippen LogP) is 1.23. The molecule has 96 valence electrons. The van der Waals surface area contributed by atoms with Gasteiger partial charge in [-0.2, -0.15) is 5.10 Å². The molecule has 1 amide bonds. The topological polar surface area (TPSA) is 75.6 Å². The molecule has 0 saturated carbocycles. The lowest BCUT2D eigenvalue weighted by molar-refractivity contribution is 0.0951. The van der Waals surface area contributed by atoms with Crippen molar-refractivity contribution >= 4 is 16.9 Å². The van der Waals surface area contributed by atoms with Crippen molar-refractivity contribution in [2.45, 2.75) is 6.54 Å². The number of nitrogens with one attached hydrogen (secondary N) is 2. The highest BCUT2D eigenvalue weighted by Gasteiger charge is 2.07. The standard InChI is InChI=1S/C13H13N5O/c1-18-7-9(6-17-18)5-14-13(19)10-2-3-11-12(4-10)16-8-15-11/h2-4,6-8H,5H2,1H3,(H,14,19)(H,15,16). The van der Waals surface area contributed by atoms with E-state index in [-0.39, 0.29) is 5.91 Å². The maximum absolute atomic E-state index is 12.0. The van der Waals surface area contributed by atoms with Crippen molar-refractivity contribution in [2.24, 2.45) is 7.05 Å². The fourth-order valence-corrected chi connectivity index (χ4v) is 1.92. The molecule has 0 spiro atoms. The van der Waals surface area contributed by atoms with Crippen LogP contribution >= 0.6 is 0 Å². The van der Waals surface area contributed by atoms with Gasteiger partial charge in [0.2, 0.25) is 0 Å². The minimum absolute atomic E-state index is 0.111. The summed E-state index contributed by atoms with van der Waals surface area (Å²) in [5, 5.41) is 6.91. The quantitative estimate of drug-likeness (QED) is 0.739. The smallest absolute Gasteiger partial charge is 0.251 e. The van der Waals surface area contributed by atoms with E-state index in [1.807, 2.05) is 19.3 Å². The number of aromatic amines is 1. The Kier molecular flexibility index (Phi) is 2.75. The van der Waals surface area contributed by atoms with Crippen molar-refractivity contribution in [3.63, 3.8) is 0 Å². The number of benzene rings is 1. The van der Waals surface area contributed by atoms with Crippen molar-refractivity contribution in [1.29, 1.82) is 0 Å². The summed E-state index contributed by atoms with van der Waals surface area (Å²) >= 11 is 0. The molecule has 0 aliphatic carbocycles. The van der Waals surface area contributed by atoms with Crippen LogP contribution in [0.3, 0.4) is 0 Å². The molecule has 1 aromatic carbocycles. The van der Waals surface area contributed by atoms with Crippen molar-refractivity contribution in [2.75, 3.05) is 0 Å². The van der Waals surface area contributed by atoms with Gasteiger partial charge >= 0.3 is 0 Å². The summed E-state index contributed by atoms with van der Waals surface area (Å²) in [6, 6.07) is 5.38. The van der Waals surface area contributed by atoms with Crippen molar-refractivity contribution in [3.05, 3.63) is 48.0 Å². The number of hydrogen-bond acceptors (Lipinski definition) is 3. The lowest BCUT2D eigenvalue weighted by Gasteiger charge is -2.03. The van der Waals surface area contributed by atoms with Gasteiger partial charge in [0.05, 0.1) is 23.6 Å². The zero-order chi connectivity index (χ0) is 13.2. The van der Waals surface area contributed by atoms with Gasteiger partial charge in [-0.3, -0.25) is 9.48 Å². The fourth-order valence-electron chi connectivity index (χ4n) is 1.92. The van der Waals surface area contributed by atoms with E-state index < -0.39 is 0 Å². The molecule has 2 aromatic heterocycles. The molecule has 2 heterocycles. The van der Waals surface area contributed by atoms with Crippen molar-refractivity contribution in [1.82, 2.24) is 25.1 Å². The third-order valence-electron chi connectivity index (χ3n) is 2.89. The predicted molar refractivity (Wildman–Crippen MR) is 70.5 cm³/mol. The highest BCUT2D eigenvalue weighted by molar-refractivity contribution is 5.97. The monoisotopic (exact) mass is 255 g/mol. The lowest BCUT2D eigenvalue weighted by atomic mass is 10.2. The van der Waals surface area contributed by atoms with E-state index in [9.17, 15) is 4.79 Å². The number of imidazole rings is 1. The molecule has 0 bridgehead atoms. The summed E-state index contributed by atoms with van der Waals surface area (Å²) in [6.45, 7) is 0.466. The number of amides is 1. The van der Waals surface area contributed by atoms with Crippen LogP contribution in [-0.4, -0.2) is 25.7 Å². The van der Waals surface area contributed by atoms with Gasteiger partial charge in [-0.1, -0.05) is 0 Å². The fraction of sp³-hybridized carbons (Fsp3) is 0.154. The molecule has 19 heavy (non-hydrogen) atoms. The summed E-state index contributed by atoms with van der Waals surface area (Å²) in [4.78, 5) is 19.1. The molecule has 2 N–H and O–H groups in total. The van der Waals surface area contributed by atoms with E-state index in [0.29, 0.717) is 12.1 Å². The SMILES string of the molecule is Cn1cc(CNC(=O)c2ccc3nc[nH]c3c2)cn1. The first-order chi connectivity index (χ1) is 9.22. The molecule has 0 aliphatic heterocycles. The maximum Gasteiger partial charge on any atom is 0.251 e. The number of aromatic nitrogens is 4. The van der Waals surface area contributed by atoms with Crippen LogP contribution in [0.4, 0.5) is 0 Å². The summed E-state index contributed by atoms with van der Waals surface area (Å²) in [6.07, 6.45) is 5.22. The van der Waals surface area contributed by atoms with Crippen LogP contribution in [-0.2, 0) is 13.6 Å². The van der Waals surface area contributed by atoms with E-state index in [4.69, 9.17) is 0 Å². The number of nitrogens with zero attached hydrogens (tertiary/aromatic N) is 3. The van der Waals surface area contributed by atoms with Gasteiger partial charge in [-0.15, -0.1) is 0 Å². The first-order valence-corrected chi connectivity index (χ1v) is 5.91. The first kappa shape index (κ1) is 11.5. The molecule has 0 fully saturated rings. The van der Waals surface area contributed by atoms with Crippen LogP contribution in [0.15, 0.2) is 36.9 Å². The Balaban J connectivity index is 1.72. The van der Waals surface area contributed by atoms with E-state index in [0.717, 1.165) is 16.6 Å². The third-order valence-corrected chi connectivity index (χ3v) is 2.89. The molecular formula is C13H13N5O. The van der Waals surface area contributed by atoms with E-state index in [2.05, 4.69) is 20.4 Å². The molecule has 3 aromatic rings. The van der Waals surface area contributed by atoms with Crippen molar-refractivity contribution in [3.8, 4) is 0 Å². The molecular weight excluding hydrogens is 242 g/mol. The average molecular weight is 255 g/mol. The van der Waals surface area contributed by atoms with Gasteiger partial charge in [0.15, 0.2) is 0 Å². The number of rotatable bonds is 3. The van der Waals surface area contributed by atoms with Crippen LogP contribution in [0.1, 0.15) is 15.9 Å². The highest BCUT2D eigenvalue weighted by atomic mass is 16.1. The van der Waals surface area contributed by atoms with E-state index >= 15 is 0 Å². The van der Waals surface area contributed by atoms with Crippen LogP contribution in [0.2, 0.25) is 0 Å². The third kappa shape index (κ3) is 2.33. The minimum Gasteiger partial charge on any atom is -0.348 e. The largest absolute Gasteiger partial charge is 0.348 e. The normalized spacial score (nSPS) is 10.8. The Labute approximate surface area is 109 Å². The number of H-pyrrole nitrogens is 1. The van der Waals surface area contributed by atoms with E-state index in [1.54, 1.807) is 29.3 Å². The second-order valence-electron chi connectivity index (χ2n) is 4.34. The Hall–Kier alpha value is -2.63. The Morgan fingerprint density at radius 3 is 3.16 bits per heavy atom. The summed E-state index contributed by atoms with van der Waals surface area (Å²) < 4.78 is 1.71. The number of aryl methyl sites for hydroxylation is 1. The molecule has 0 aliphatic rings. The minimum atomic E-state index is -0.111. The second-order valence-corrected chi connectivity index (χ2v) is 4.34. The van der Waals surface area contributed by atoms with Gasteiger partial charge in [0, 0.05) is 30.9 Å². The zero-order valence-electron chi connectivity index (χ0n) is 10.4. The summed E-state index contributed by atoms with van der Waals surface area (Å²) in [5.41, 5.74) is 3.29. The lowest BCUT2D eigenvalue weighted by Crippen LogP contribution is -2.22. The molecule has 6 nitrogen and oxygen atoms in total. The summed E-state index contributed by atoms with van der Waals surface area (Å²) in [5.74, 6) is -0.111. The molecule has 0 radical (unpaired) electrons. The molecule has 0 saturated heterocycles. The van der Waals surface area contributed by atoms with Gasteiger partial charge in [-0.05, 0) is 18.2 Å². The number of carbonyl (C=O) groups excluding carboxylic acids is 1. The average Bonchev–Trinajstić information content (AvgIpc) is 3.03. The molecule has 6 heteroatoms. The molecule has 0 unspecified atom stereocenters. The summed E-state index contributed by atoms with van der Waals surface area (Å²) in [7, 11) is 1.84. The maximum atomic E-state index is 12.0. The highest BCUT2D eigenvalue weighted by Crippen LogP contribution is 2.11. The van der Waals surface area contributed by atoms with Crippen LogP contribution in [0.5, 0.6) is 0 Å². The second kappa shape index (κ2) is 4.56. The number of hydrogen-bond donors (Lipinski definition) is 2. The molecule has 0 atom stereocenters. The Morgan fingerprint density at radius 1 is 1.47 bits per heavy atom. The number of carbonyl (C=O) groups is 1. The Morgan fingerprint density at radius 2 is 2.37 bits per heavy atom. The van der Waals surface area contributed by atoms with Gasteiger partial charge < -0.3 is 10.3 Å². The first-order valence-electron chi connectivity index (χ1n) is 5.91. The zero-order valence-corrected chi connectivity index (χ0v) is 10.4. The van der Waals surface area contributed by atoms with Crippen LogP contribution < -0.4 is 5.32 Å².